The Morgan fingerprint density at radius 1 is 1.12 bits per heavy atom. The third-order valence-electron chi connectivity index (χ3n) is 5.01. The molecule has 2 amide bonds. The van der Waals surface area contributed by atoms with E-state index in [4.69, 9.17) is 0 Å². The molecule has 0 radical (unpaired) electrons. The molecular weight excluding hydrogens is 302 g/mol. The molecule has 24 heavy (non-hydrogen) atoms. The summed E-state index contributed by atoms with van der Waals surface area (Å²) >= 11 is 0. The van der Waals surface area contributed by atoms with E-state index in [1.165, 1.54) is 32.6 Å². The Kier molecular flexibility index (Phi) is 6.37. The zero-order valence-corrected chi connectivity index (χ0v) is 15.0. The Balaban J connectivity index is 2.04. The van der Waals surface area contributed by atoms with Gasteiger partial charge < -0.3 is 15.5 Å². The van der Waals surface area contributed by atoms with Gasteiger partial charge in [0.05, 0.1) is 0 Å². The van der Waals surface area contributed by atoms with E-state index < -0.39 is 0 Å². The quantitative estimate of drug-likeness (QED) is 0.815. The van der Waals surface area contributed by atoms with Gasteiger partial charge in [-0.25, -0.2) is 0 Å². The van der Waals surface area contributed by atoms with Gasteiger partial charge in [0.15, 0.2) is 0 Å². The molecule has 2 N–H and O–H groups in total. The van der Waals surface area contributed by atoms with E-state index in [9.17, 15) is 9.59 Å². The number of anilines is 1. The highest BCUT2D eigenvalue weighted by molar-refractivity contribution is 5.96. The Bertz CT molecular complexity index is 576. The highest BCUT2D eigenvalue weighted by Crippen LogP contribution is 2.30. The Hall–Kier alpha value is -1.88. The smallest absolute Gasteiger partial charge is 0.251 e. The van der Waals surface area contributed by atoms with Gasteiger partial charge in [-0.2, -0.15) is 0 Å². The highest BCUT2D eigenvalue weighted by atomic mass is 16.2. The first kappa shape index (κ1) is 18.5. The molecule has 132 valence electrons. The minimum atomic E-state index is -0.141. The minimum Gasteiger partial charge on any atom is -0.350 e. The molecule has 1 aliphatic rings. The van der Waals surface area contributed by atoms with Gasteiger partial charge in [0.2, 0.25) is 5.91 Å². The maximum atomic E-state index is 12.5. The van der Waals surface area contributed by atoms with Crippen molar-refractivity contribution in [1.82, 2.24) is 10.2 Å². The summed E-state index contributed by atoms with van der Waals surface area (Å²) in [7, 11) is 4.21. The van der Waals surface area contributed by atoms with E-state index in [1.54, 1.807) is 24.3 Å². The number of hydrogen-bond acceptors (Lipinski definition) is 3. The van der Waals surface area contributed by atoms with Crippen molar-refractivity contribution < 1.29 is 9.59 Å². The average molecular weight is 331 g/mol. The first-order valence-electron chi connectivity index (χ1n) is 8.76. The van der Waals surface area contributed by atoms with E-state index in [0.717, 1.165) is 12.8 Å². The van der Waals surface area contributed by atoms with Gasteiger partial charge in [-0.15, -0.1) is 0 Å². The van der Waals surface area contributed by atoms with Crippen LogP contribution in [-0.4, -0.2) is 42.9 Å². The van der Waals surface area contributed by atoms with Crippen molar-refractivity contribution in [3.8, 4) is 0 Å². The molecule has 1 aliphatic carbocycles. The van der Waals surface area contributed by atoms with Crippen molar-refractivity contribution in [2.75, 3.05) is 26.0 Å². The van der Waals surface area contributed by atoms with Crippen LogP contribution in [-0.2, 0) is 4.79 Å². The van der Waals surface area contributed by atoms with Crippen LogP contribution < -0.4 is 10.6 Å². The molecule has 5 nitrogen and oxygen atoms in total. The Morgan fingerprint density at radius 2 is 1.79 bits per heavy atom. The lowest BCUT2D eigenvalue weighted by Gasteiger charge is -2.39. The van der Waals surface area contributed by atoms with E-state index in [0.29, 0.717) is 17.8 Å². The normalized spacial score (nSPS) is 17.2. The SMILES string of the molecule is CC(=O)Nc1cccc(C(=O)NCC2(N(C)C)CCCCCC2)c1. The average Bonchev–Trinajstić information content (AvgIpc) is 2.79. The molecule has 0 spiro atoms. The molecule has 0 aromatic heterocycles. The van der Waals surface area contributed by atoms with E-state index in [1.807, 2.05) is 0 Å². The van der Waals surface area contributed by atoms with Crippen LogP contribution in [0, 0.1) is 0 Å². The molecule has 0 aliphatic heterocycles. The summed E-state index contributed by atoms with van der Waals surface area (Å²) < 4.78 is 0. The van der Waals surface area contributed by atoms with Crippen molar-refractivity contribution in [2.24, 2.45) is 0 Å². The summed E-state index contributed by atoms with van der Waals surface area (Å²) in [6, 6.07) is 7.06. The van der Waals surface area contributed by atoms with E-state index >= 15 is 0 Å². The molecule has 0 heterocycles. The van der Waals surface area contributed by atoms with E-state index in [-0.39, 0.29) is 17.4 Å². The molecule has 1 aromatic carbocycles. The number of hydrogen-bond donors (Lipinski definition) is 2. The molecule has 1 saturated carbocycles. The highest BCUT2D eigenvalue weighted by Gasteiger charge is 2.33. The fraction of sp³-hybridized carbons (Fsp3) is 0.579. The number of amides is 2. The fourth-order valence-corrected chi connectivity index (χ4v) is 3.46. The lowest BCUT2D eigenvalue weighted by molar-refractivity contribution is -0.114. The molecule has 0 bridgehead atoms. The van der Waals surface area contributed by atoms with Crippen LogP contribution >= 0.6 is 0 Å². The number of rotatable bonds is 5. The van der Waals surface area contributed by atoms with Crippen LogP contribution in [0.1, 0.15) is 55.8 Å². The summed E-state index contributed by atoms with van der Waals surface area (Å²) in [5, 5.41) is 5.82. The first-order chi connectivity index (χ1) is 11.4. The zero-order valence-electron chi connectivity index (χ0n) is 15.0. The number of likely N-dealkylation sites (N-methyl/N-ethyl adjacent to an activating group) is 1. The zero-order chi connectivity index (χ0) is 17.6. The summed E-state index contributed by atoms with van der Waals surface area (Å²) in [6.45, 7) is 2.11. The Labute approximate surface area is 144 Å². The fourth-order valence-electron chi connectivity index (χ4n) is 3.46. The summed E-state index contributed by atoms with van der Waals surface area (Å²) in [5.41, 5.74) is 1.26. The second kappa shape index (κ2) is 8.29. The standard InChI is InChI=1S/C19H29N3O2/c1-15(23)21-17-10-8-9-16(13-17)18(24)20-14-19(22(2)3)11-6-4-5-7-12-19/h8-10,13H,4-7,11-12,14H2,1-3H3,(H,20,24)(H,21,23). The number of benzene rings is 1. The third-order valence-corrected chi connectivity index (χ3v) is 5.01. The van der Waals surface area contributed by atoms with Crippen LogP contribution in [0.5, 0.6) is 0 Å². The molecule has 0 saturated heterocycles. The monoisotopic (exact) mass is 331 g/mol. The van der Waals surface area contributed by atoms with Crippen molar-refractivity contribution in [2.45, 2.75) is 51.0 Å². The second-order valence-corrected chi connectivity index (χ2v) is 6.98. The van der Waals surface area contributed by atoms with Gasteiger partial charge in [-0.05, 0) is 45.1 Å². The predicted octanol–water partition coefficient (Wildman–Crippen LogP) is 3.03. The van der Waals surface area contributed by atoms with Crippen LogP contribution in [0.25, 0.3) is 0 Å². The van der Waals surface area contributed by atoms with Crippen LogP contribution in [0.2, 0.25) is 0 Å². The summed E-state index contributed by atoms with van der Waals surface area (Å²) in [6.07, 6.45) is 7.22. The first-order valence-corrected chi connectivity index (χ1v) is 8.76. The van der Waals surface area contributed by atoms with Gasteiger partial charge in [0.25, 0.3) is 5.91 Å². The topological polar surface area (TPSA) is 61.4 Å². The number of nitrogens with one attached hydrogen (secondary N) is 2. The second-order valence-electron chi connectivity index (χ2n) is 6.98. The lowest BCUT2D eigenvalue weighted by atomic mass is 9.88. The maximum absolute atomic E-state index is 12.5. The number of carbonyl (C=O) groups excluding carboxylic acids is 2. The third kappa shape index (κ3) is 4.81. The van der Waals surface area contributed by atoms with Gasteiger partial charge >= 0.3 is 0 Å². The molecule has 0 unspecified atom stereocenters. The molecule has 1 fully saturated rings. The largest absolute Gasteiger partial charge is 0.350 e. The van der Waals surface area contributed by atoms with Crippen LogP contribution in [0.4, 0.5) is 5.69 Å². The molecule has 5 heteroatoms. The van der Waals surface area contributed by atoms with Crippen LogP contribution in [0.3, 0.4) is 0 Å². The molecular formula is C19H29N3O2. The van der Waals surface area contributed by atoms with Gasteiger partial charge in [-0.1, -0.05) is 31.7 Å². The van der Waals surface area contributed by atoms with Crippen molar-refractivity contribution in [3.05, 3.63) is 29.8 Å². The molecule has 1 aromatic rings. The Morgan fingerprint density at radius 3 is 2.38 bits per heavy atom. The maximum Gasteiger partial charge on any atom is 0.251 e. The molecule has 2 rings (SSSR count). The number of carbonyl (C=O) groups is 2. The minimum absolute atomic E-state index is 0.0431. The van der Waals surface area contributed by atoms with Gasteiger partial charge in [0, 0.05) is 30.3 Å². The van der Waals surface area contributed by atoms with Crippen molar-refractivity contribution in [1.29, 1.82) is 0 Å². The van der Waals surface area contributed by atoms with Crippen LogP contribution in [0.15, 0.2) is 24.3 Å². The van der Waals surface area contributed by atoms with Gasteiger partial charge in [0.1, 0.15) is 0 Å². The number of nitrogens with zero attached hydrogens (tertiary/aromatic N) is 1. The van der Waals surface area contributed by atoms with Gasteiger partial charge in [-0.3, -0.25) is 9.59 Å². The predicted molar refractivity (Wildman–Crippen MR) is 97.2 cm³/mol. The lowest BCUT2D eigenvalue weighted by Crippen LogP contribution is -2.52. The van der Waals surface area contributed by atoms with E-state index in [2.05, 4.69) is 29.6 Å². The van der Waals surface area contributed by atoms with Crippen molar-refractivity contribution in [3.63, 3.8) is 0 Å². The summed E-state index contributed by atoms with van der Waals surface area (Å²) in [5.74, 6) is -0.231. The molecule has 0 atom stereocenters. The van der Waals surface area contributed by atoms with Crippen molar-refractivity contribution >= 4 is 17.5 Å². The summed E-state index contributed by atoms with van der Waals surface area (Å²) in [4.78, 5) is 26.0.